The molecule has 0 bridgehead atoms. The van der Waals surface area contributed by atoms with Gasteiger partial charge in [0.05, 0.1) is 19.8 Å². The van der Waals surface area contributed by atoms with Crippen LogP contribution in [0, 0.1) is 0 Å². The Morgan fingerprint density at radius 2 is 2.06 bits per heavy atom. The Kier molecular flexibility index (Phi) is 8.69. The lowest BCUT2D eigenvalue weighted by atomic mass is 10.4. The van der Waals surface area contributed by atoms with E-state index in [1.807, 2.05) is 0 Å². The molecule has 0 fully saturated rings. The van der Waals surface area contributed by atoms with E-state index in [4.69, 9.17) is 5.11 Å². The Hall–Kier alpha value is -0.860. The third kappa shape index (κ3) is 10.3. The summed E-state index contributed by atoms with van der Waals surface area (Å²) in [7, 11) is 0. The van der Waals surface area contributed by atoms with Crippen LogP contribution in [0.25, 0.3) is 0 Å². The van der Waals surface area contributed by atoms with Crippen LogP contribution in [-0.4, -0.2) is 68.1 Å². The number of carbonyl (C=O) groups is 1. The molecule has 2 N–H and O–H groups in total. The maximum atomic E-state index is 11.8. The van der Waals surface area contributed by atoms with E-state index < -0.39 is 12.8 Å². The Balaban J connectivity index is 3.86. The first kappa shape index (κ1) is 17.1. The van der Waals surface area contributed by atoms with Crippen molar-refractivity contribution in [3.8, 4) is 0 Å². The minimum absolute atomic E-state index is 0.0315. The van der Waals surface area contributed by atoms with Gasteiger partial charge in [0.15, 0.2) is 0 Å². The number of nitrogens with one attached hydrogen (secondary N) is 1. The van der Waals surface area contributed by atoms with Crippen molar-refractivity contribution >= 4 is 5.91 Å². The summed E-state index contributed by atoms with van der Waals surface area (Å²) in [4.78, 5) is 12.8. The fraction of sp³-hybridized carbons (Fsp3) is 0.900. The molecule has 0 aliphatic rings. The molecule has 108 valence electrons. The van der Waals surface area contributed by atoms with Crippen molar-refractivity contribution in [1.82, 2.24) is 10.2 Å². The van der Waals surface area contributed by atoms with Crippen LogP contribution in [0.5, 0.6) is 0 Å². The smallest absolute Gasteiger partial charge is 0.395 e. The second-order valence-corrected chi connectivity index (χ2v) is 3.62. The molecule has 0 aliphatic heterocycles. The SMILES string of the molecule is CCNC(=O)CN(CCO)CCOCC(F)(F)F. The van der Waals surface area contributed by atoms with E-state index in [0.29, 0.717) is 6.54 Å². The van der Waals surface area contributed by atoms with Gasteiger partial charge in [-0.1, -0.05) is 0 Å². The normalized spacial score (nSPS) is 11.9. The van der Waals surface area contributed by atoms with Gasteiger partial charge >= 0.3 is 6.18 Å². The molecular weight excluding hydrogens is 253 g/mol. The number of hydrogen-bond donors (Lipinski definition) is 2. The first-order valence-corrected chi connectivity index (χ1v) is 5.63. The molecule has 0 saturated heterocycles. The van der Waals surface area contributed by atoms with Crippen molar-refractivity contribution in [3.63, 3.8) is 0 Å². The highest BCUT2D eigenvalue weighted by atomic mass is 19.4. The topological polar surface area (TPSA) is 61.8 Å². The Morgan fingerprint density at radius 3 is 2.56 bits per heavy atom. The Labute approximate surface area is 104 Å². The van der Waals surface area contributed by atoms with Gasteiger partial charge in [0.2, 0.25) is 5.91 Å². The standard InChI is InChI=1S/C10H19F3N2O3/c1-2-14-9(17)7-15(3-5-16)4-6-18-8-10(11,12)13/h16H,2-8H2,1H3,(H,14,17). The average molecular weight is 272 g/mol. The van der Waals surface area contributed by atoms with Gasteiger partial charge in [-0.05, 0) is 6.92 Å². The summed E-state index contributed by atoms with van der Waals surface area (Å²) in [6.45, 7) is 1.04. The zero-order valence-electron chi connectivity index (χ0n) is 10.3. The Morgan fingerprint density at radius 1 is 1.39 bits per heavy atom. The summed E-state index contributed by atoms with van der Waals surface area (Å²) in [5.41, 5.74) is 0. The second-order valence-electron chi connectivity index (χ2n) is 3.62. The van der Waals surface area contributed by atoms with Crippen LogP contribution in [0.1, 0.15) is 6.92 Å². The molecule has 0 aromatic carbocycles. The fourth-order valence-electron chi connectivity index (χ4n) is 1.25. The van der Waals surface area contributed by atoms with E-state index in [-0.39, 0.29) is 38.8 Å². The molecule has 0 rings (SSSR count). The number of nitrogens with zero attached hydrogens (tertiary/aromatic N) is 1. The molecule has 5 nitrogen and oxygen atoms in total. The number of hydrogen-bond acceptors (Lipinski definition) is 4. The van der Waals surface area contributed by atoms with Gasteiger partial charge in [-0.25, -0.2) is 0 Å². The maximum Gasteiger partial charge on any atom is 0.411 e. The predicted molar refractivity (Wildman–Crippen MR) is 59.1 cm³/mol. The molecule has 0 aromatic heterocycles. The number of aliphatic hydroxyl groups excluding tert-OH is 1. The lowest BCUT2D eigenvalue weighted by Gasteiger charge is -2.20. The summed E-state index contributed by atoms with van der Waals surface area (Å²) >= 11 is 0. The van der Waals surface area contributed by atoms with Crippen molar-refractivity contribution in [3.05, 3.63) is 0 Å². The highest BCUT2D eigenvalue weighted by Gasteiger charge is 2.27. The lowest BCUT2D eigenvalue weighted by molar-refractivity contribution is -0.174. The summed E-state index contributed by atoms with van der Waals surface area (Å²) in [6, 6.07) is 0. The number of ether oxygens (including phenoxy) is 1. The van der Waals surface area contributed by atoms with Gasteiger partial charge < -0.3 is 15.2 Å². The van der Waals surface area contributed by atoms with E-state index >= 15 is 0 Å². The fourth-order valence-corrected chi connectivity index (χ4v) is 1.25. The van der Waals surface area contributed by atoms with Crippen LogP contribution < -0.4 is 5.32 Å². The van der Waals surface area contributed by atoms with Crippen LogP contribution in [0.2, 0.25) is 0 Å². The summed E-state index contributed by atoms with van der Waals surface area (Å²) in [5, 5.41) is 11.3. The summed E-state index contributed by atoms with van der Waals surface area (Å²) in [6.07, 6.45) is -4.35. The molecule has 0 atom stereocenters. The number of likely N-dealkylation sites (N-methyl/N-ethyl adjacent to an activating group) is 1. The van der Waals surface area contributed by atoms with Gasteiger partial charge in [-0.15, -0.1) is 0 Å². The molecule has 0 saturated carbocycles. The summed E-state index contributed by atoms with van der Waals surface area (Å²) in [5.74, 6) is -0.234. The van der Waals surface area contributed by atoms with Crippen molar-refractivity contribution in [2.24, 2.45) is 0 Å². The van der Waals surface area contributed by atoms with Crippen LogP contribution in [0.15, 0.2) is 0 Å². The highest BCUT2D eigenvalue weighted by molar-refractivity contribution is 5.77. The summed E-state index contributed by atoms with van der Waals surface area (Å²) < 4.78 is 39.8. The zero-order valence-corrected chi connectivity index (χ0v) is 10.3. The van der Waals surface area contributed by atoms with Crippen LogP contribution >= 0.6 is 0 Å². The number of carbonyl (C=O) groups excluding carboxylic acids is 1. The number of alkyl halides is 3. The molecule has 0 heterocycles. The van der Waals surface area contributed by atoms with Crippen molar-refractivity contribution in [1.29, 1.82) is 0 Å². The first-order chi connectivity index (χ1) is 8.39. The van der Waals surface area contributed by atoms with Crippen molar-refractivity contribution < 1.29 is 27.8 Å². The average Bonchev–Trinajstić information content (AvgIpc) is 2.23. The molecule has 8 heteroatoms. The third-order valence-corrected chi connectivity index (χ3v) is 1.97. The number of aliphatic hydroxyl groups is 1. The van der Waals surface area contributed by atoms with Crippen molar-refractivity contribution in [2.75, 3.05) is 46.0 Å². The van der Waals surface area contributed by atoms with Gasteiger partial charge in [-0.3, -0.25) is 9.69 Å². The minimum Gasteiger partial charge on any atom is -0.395 e. The molecular formula is C10H19F3N2O3. The van der Waals surface area contributed by atoms with Crippen LogP contribution in [0.4, 0.5) is 13.2 Å². The van der Waals surface area contributed by atoms with E-state index in [0.717, 1.165) is 0 Å². The molecule has 1 amide bonds. The quantitative estimate of drug-likeness (QED) is 0.580. The van der Waals surface area contributed by atoms with Crippen LogP contribution in [-0.2, 0) is 9.53 Å². The zero-order chi connectivity index (χ0) is 14.0. The van der Waals surface area contributed by atoms with Gasteiger partial charge in [0, 0.05) is 19.6 Å². The van der Waals surface area contributed by atoms with Gasteiger partial charge in [-0.2, -0.15) is 13.2 Å². The van der Waals surface area contributed by atoms with E-state index in [9.17, 15) is 18.0 Å². The number of amides is 1. The monoisotopic (exact) mass is 272 g/mol. The van der Waals surface area contributed by atoms with Gasteiger partial charge in [0.25, 0.3) is 0 Å². The predicted octanol–water partition coefficient (Wildman–Crippen LogP) is -0.00430. The molecule has 0 aromatic rings. The minimum atomic E-state index is -4.35. The lowest BCUT2D eigenvalue weighted by Crippen LogP contribution is -2.40. The van der Waals surface area contributed by atoms with E-state index in [1.54, 1.807) is 6.92 Å². The second kappa shape index (κ2) is 9.12. The first-order valence-electron chi connectivity index (χ1n) is 5.63. The van der Waals surface area contributed by atoms with Gasteiger partial charge in [0.1, 0.15) is 6.61 Å². The highest BCUT2D eigenvalue weighted by Crippen LogP contribution is 2.14. The van der Waals surface area contributed by atoms with E-state index in [2.05, 4.69) is 10.1 Å². The molecule has 0 radical (unpaired) electrons. The third-order valence-electron chi connectivity index (χ3n) is 1.97. The molecule has 0 unspecified atom stereocenters. The molecule has 0 spiro atoms. The maximum absolute atomic E-state index is 11.8. The Bertz CT molecular complexity index is 237. The van der Waals surface area contributed by atoms with Crippen LogP contribution in [0.3, 0.4) is 0 Å². The number of halogens is 3. The van der Waals surface area contributed by atoms with Crippen molar-refractivity contribution in [2.45, 2.75) is 13.1 Å². The largest absolute Gasteiger partial charge is 0.411 e. The molecule has 0 aliphatic carbocycles. The van der Waals surface area contributed by atoms with E-state index in [1.165, 1.54) is 4.90 Å². The number of rotatable bonds is 9. The molecule has 18 heavy (non-hydrogen) atoms.